The summed E-state index contributed by atoms with van der Waals surface area (Å²) in [5, 5.41) is 0.717. The molecule has 0 aliphatic carbocycles. The van der Waals surface area contributed by atoms with Crippen LogP contribution in [-0.4, -0.2) is 23.9 Å². The third-order valence-corrected chi connectivity index (χ3v) is 3.76. The van der Waals surface area contributed by atoms with Crippen LogP contribution in [0.2, 0.25) is 0 Å². The zero-order chi connectivity index (χ0) is 16.1. The Morgan fingerprint density at radius 2 is 1.86 bits per heavy atom. The van der Waals surface area contributed by atoms with Crippen LogP contribution in [0.15, 0.2) is 33.5 Å². The number of alkyl halides is 1. The number of rotatable bonds is 6. The average molecular weight is 322 g/mol. The van der Waals surface area contributed by atoms with Gasteiger partial charge in [0.2, 0.25) is 0 Å². The third kappa shape index (κ3) is 3.50. The van der Waals surface area contributed by atoms with E-state index in [9.17, 15) is 9.59 Å². The van der Waals surface area contributed by atoms with Crippen LogP contribution in [0.4, 0.5) is 0 Å². The van der Waals surface area contributed by atoms with E-state index in [1.807, 2.05) is 19.9 Å². The molecule has 118 valence electrons. The molecule has 2 aromatic rings. The van der Waals surface area contributed by atoms with Crippen molar-refractivity contribution in [2.45, 2.75) is 32.6 Å². The molecule has 0 saturated heterocycles. The minimum absolute atomic E-state index is 0.0844. The van der Waals surface area contributed by atoms with Gasteiger partial charge >= 0.3 is 5.63 Å². The van der Waals surface area contributed by atoms with Crippen molar-refractivity contribution < 1.29 is 9.21 Å². The van der Waals surface area contributed by atoms with Gasteiger partial charge in [-0.15, -0.1) is 11.6 Å². The van der Waals surface area contributed by atoms with Gasteiger partial charge in [-0.1, -0.05) is 19.9 Å². The molecule has 0 aliphatic rings. The molecule has 0 unspecified atom stereocenters. The highest BCUT2D eigenvalue weighted by molar-refractivity contribution is 6.17. The van der Waals surface area contributed by atoms with Crippen LogP contribution in [0.1, 0.15) is 42.6 Å². The molecule has 0 fully saturated rings. The van der Waals surface area contributed by atoms with E-state index in [-0.39, 0.29) is 11.5 Å². The lowest BCUT2D eigenvalue weighted by molar-refractivity contribution is 0.0751. The molecular weight excluding hydrogens is 302 g/mol. The molecule has 0 spiro atoms. The topological polar surface area (TPSA) is 50.5 Å². The van der Waals surface area contributed by atoms with Gasteiger partial charge in [-0.3, -0.25) is 4.79 Å². The molecule has 1 aromatic heterocycles. The van der Waals surface area contributed by atoms with Crippen LogP contribution in [0.25, 0.3) is 11.0 Å². The Morgan fingerprint density at radius 3 is 2.45 bits per heavy atom. The fourth-order valence-corrected chi connectivity index (χ4v) is 2.60. The summed E-state index contributed by atoms with van der Waals surface area (Å²) < 4.78 is 5.27. The Labute approximate surface area is 134 Å². The quantitative estimate of drug-likeness (QED) is 0.600. The summed E-state index contributed by atoms with van der Waals surface area (Å²) in [6.07, 6.45) is 1.70. The van der Waals surface area contributed by atoms with Gasteiger partial charge in [0.05, 0.1) is 0 Å². The van der Waals surface area contributed by atoms with Gasteiger partial charge in [0.15, 0.2) is 0 Å². The van der Waals surface area contributed by atoms with Crippen molar-refractivity contribution >= 4 is 28.5 Å². The summed E-state index contributed by atoms with van der Waals surface area (Å²) in [5.74, 6) is 0.103. The third-order valence-electron chi connectivity index (χ3n) is 3.46. The monoisotopic (exact) mass is 321 g/mol. The maximum atomic E-state index is 12.6. The van der Waals surface area contributed by atoms with Gasteiger partial charge in [-0.25, -0.2) is 4.79 Å². The zero-order valence-corrected chi connectivity index (χ0v) is 13.7. The van der Waals surface area contributed by atoms with Crippen LogP contribution in [0.5, 0.6) is 0 Å². The smallest absolute Gasteiger partial charge is 0.349 e. The van der Waals surface area contributed by atoms with Crippen molar-refractivity contribution in [2.24, 2.45) is 0 Å². The van der Waals surface area contributed by atoms with Crippen molar-refractivity contribution in [2.75, 3.05) is 13.1 Å². The van der Waals surface area contributed by atoms with Crippen molar-refractivity contribution in [3.63, 3.8) is 0 Å². The molecule has 22 heavy (non-hydrogen) atoms. The molecule has 1 amide bonds. The molecule has 1 heterocycles. The van der Waals surface area contributed by atoms with Crippen molar-refractivity contribution in [1.29, 1.82) is 0 Å². The molecule has 0 radical (unpaired) electrons. The lowest BCUT2D eigenvalue weighted by atomic mass is 10.1. The van der Waals surface area contributed by atoms with E-state index in [1.54, 1.807) is 23.1 Å². The second-order valence-corrected chi connectivity index (χ2v) is 5.51. The standard InChI is InChI=1S/C17H20ClNO3/c1-3-7-19(8-4-2)16(20)14-10-13-9-12(11-18)5-6-15(13)22-17(14)21/h5-6,9-10H,3-4,7-8,11H2,1-2H3. The Kier molecular flexibility index (Phi) is 5.61. The van der Waals surface area contributed by atoms with Crippen molar-refractivity contribution in [1.82, 2.24) is 4.90 Å². The Hall–Kier alpha value is -1.81. The minimum atomic E-state index is -0.590. The summed E-state index contributed by atoms with van der Waals surface area (Å²) >= 11 is 5.83. The largest absolute Gasteiger partial charge is 0.422 e. The van der Waals surface area contributed by atoms with Gasteiger partial charge in [0.25, 0.3) is 5.91 Å². The molecule has 1 aromatic carbocycles. The predicted molar refractivity (Wildman–Crippen MR) is 88.5 cm³/mol. The molecule has 0 N–H and O–H groups in total. The van der Waals surface area contributed by atoms with E-state index < -0.39 is 5.63 Å². The van der Waals surface area contributed by atoms with Crippen LogP contribution in [-0.2, 0) is 5.88 Å². The average Bonchev–Trinajstić information content (AvgIpc) is 2.53. The van der Waals surface area contributed by atoms with Crippen LogP contribution in [0.3, 0.4) is 0 Å². The first-order chi connectivity index (χ1) is 10.6. The molecule has 0 atom stereocenters. The molecule has 0 bridgehead atoms. The maximum absolute atomic E-state index is 12.6. The van der Waals surface area contributed by atoms with Crippen molar-refractivity contribution in [3.8, 4) is 0 Å². The van der Waals surface area contributed by atoms with Crippen LogP contribution < -0.4 is 5.63 Å². The number of amides is 1. The second kappa shape index (κ2) is 7.45. The second-order valence-electron chi connectivity index (χ2n) is 5.25. The first kappa shape index (κ1) is 16.6. The first-order valence-corrected chi connectivity index (χ1v) is 8.06. The molecule has 0 aliphatic heterocycles. The van der Waals surface area contributed by atoms with E-state index in [0.29, 0.717) is 29.9 Å². The summed E-state index contributed by atoms with van der Waals surface area (Å²) in [6, 6.07) is 6.96. The SMILES string of the molecule is CCCN(CCC)C(=O)c1cc2cc(CCl)ccc2oc1=O. The lowest BCUT2D eigenvalue weighted by Gasteiger charge is -2.20. The molecule has 4 nitrogen and oxygen atoms in total. The normalized spacial score (nSPS) is 10.9. The van der Waals surface area contributed by atoms with E-state index in [4.69, 9.17) is 16.0 Å². The van der Waals surface area contributed by atoms with E-state index >= 15 is 0 Å². The molecule has 0 saturated carbocycles. The number of hydrogen-bond acceptors (Lipinski definition) is 3. The molecule has 5 heteroatoms. The number of carbonyl (C=O) groups excluding carboxylic acids is 1. The highest BCUT2D eigenvalue weighted by Gasteiger charge is 2.19. The van der Waals surface area contributed by atoms with E-state index in [0.717, 1.165) is 18.4 Å². The maximum Gasteiger partial charge on any atom is 0.349 e. The summed E-state index contributed by atoms with van der Waals surface area (Å²) in [7, 11) is 0. The number of hydrogen-bond donors (Lipinski definition) is 0. The predicted octanol–water partition coefficient (Wildman–Crippen LogP) is 3.79. The van der Waals surface area contributed by atoms with Gasteiger partial charge in [0, 0.05) is 24.4 Å². The fourth-order valence-electron chi connectivity index (χ4n) is 2.43. The summed E-state index contributed by atoms with van der Waals surface area (Å²) in [5.41, 5.74) is 0.878. The zero-order valence-electron chi connectivity index (χ0n) is 12.9. The van der Waals surface area contributed by atoms with E-state index in [1.165, 1.54) is 0 Å². The van der Waals surface area contributed by atoms with Gasteiger partial charge in [-0.2, -0.15) is 0 Å². The fraction of sp³-hybridized carbons (Fsp3) is 0.412. The van der Waals surface area contributed by atoms with Crippen LogP contribution >= 0.6 is 11.6 Å². The summed E-state index contributed by atoms with van der Waals surface area (Å²) in [4.78, 5) is 26.4. The number of carbonyl (C=O) groups is 1. The van der Waals surface area contributed by atoms with Crippen LogP contribution in [0, 0.1) is 0 Å². The Balaban J connectivity index is 2.46. The molecular formula is C17H20ClNO3. The van der Waals surface area contributed by atoms with Gasteiger partial charge in [0.1, 0.15) is 11.1 Å². The highest BCUT2D eigenvalue weighted by Crippen LogP contribution is 2.18. The lowest BCUT2D eigenvalue weighted by Crippen LogP contribution is -2.35. The van der Waals surface area contributed by atoms with E-state index in [2.05, 4.69) is 0 Å². The van der Waals surface area contributed by atoms with Crippen molar-refractivity contribution in [3.05, 3.63) is 45.8 Å². The Bertz CT molecular complexity index is 717. The van der Waals surface area contributed by atoms with Gasteiger partial charge in [-0.05, 0) is 36.6 Å². The minimum Gasteiger partial charge on any atom is -0.422 e. The molecule has 2 rings (SSSR count). The Morgan fingerprint density at radius 1 is 1.18 bits per heavy atom. The number of benzene rings is 1. The summed E-state index contributed by atoms with van der Waals surface area (Å²) in [6.45, 7) is 5.27. The van der Waals surface area contributed by atoms with Gasteiger partial charge < -0.3 is 9.32 Å². The first-order valence-electron chi connectivity index (χ1n) is 7.52. The highest BCUT2D eigenvalue weighted by atomic mass is 35.5. The number of nitrogens with zero attached hydrogens (tertiary/aromatic N) is 1. The number of fused-ring (bicyclic) bond motifs is 1. The number of halogens is 1.